The number of carbonyl (C=O) groups excluding carboxylic acids is 1. The van der Waals surface area contributed by atoms with Crippen molar-refractivity contribution in [3.63, 3.8) is 0 Å². The van der Waals surface area contributed by atoms with Crippen LogP contribution in [0, 0.1) is 5.92 Å². The van der Waals surface area contributed by atoms with Gasteiger partial charge in [-0.2, -0.15) is 21.6 Å². The number of hydrogen-bond donors (Lipinski definition) is 0. The van der Waals surface area contributed by atoms with Gasteiger partial charge in [-0.25, -0.2) is 0 Å². The van der Waals surface area contributed by atoms with E-state index in [0.29, 0.717) is 31.2 Å². The lowest BCUT2D eigenvalue weighted by Crippen LogP contribution is -2.37. The quantitative estimate of drug-likeness (QED) is 0.285. The lowest BCUT2D eigenvalue weighted by Gasteiger charge is -2.27. The van der Waals surface area contributed by atoms with Crippen LogP contribution in [0.5, 0.6) is 11.5 Å². The zero-order chi connectivity index (χ0) is 27.6. The Labute approximate surface area is 216 Å². The number of nitrogens with zero attached hydrogens (tertiary/aromatic N) is 1. The van der Waals surface area contributed by atoms with E-state index in [-0.39, 0.29) is 29.9 Å². The van der Waals surface area contributed by atoms with Crippen molar-refractivity contribution in [2.45, 2.75) is 57.1 Å². The van der Waals surface area contributed by atoms with E-state index in [9.17, 15) is 26.4 Å². The van der Waals surface area contributed by atoms with Crippen LogP contribution in [0.25, 0.3) is 0 Å². The molecule has 11 heteroatoms. The molecule has 0 bridgehead atoms. The molecule has 2 rings (SSSR count). The van der Waals surface area contributed by atoms with Crippen molar-refractivity contribution in [3.05, 3.63) is 53.6 Å². The number of rotatable bonds is 14. The maximum absolute atomic E-state index is 13.3. The fraction of sp³-hybridized carbons (Fsp3) is 0.500. The predicted molar refractivity (Wildman–Crippen MR) is 133 cm³/mol. The van der Waals surface area contributed by atoms with Crippen molar-refractivity contribution in [2.75, 3.05) is 27.4 Å². The highest BCUT2D eigenvalue weighted by atomic mass is 32.2. The molecule has 0 heterocycles. The summed E-state index contributed by atoms with van der Waals surface area (Å²) in [6, 6.07) is 7.86. The molecule has 0 unspecified atom stereocenters. The number of carbonyl (C=O) groups is 1. The first kappa shape index (κ1) is 30.4. The van der Waals surface area contributed by atoms with Gasteiger partial charge in [0, 0.05) is 26.1 Å². The van der Waals surface area contributed by atoms with Crippen molar-refractivity contribution in [3.8, 4) is 11.5 Å². The molecule has 2 aromatic carbocycles. The number of hydrogen-bond acceptors (Lipinski definition) is 6. The highest BCUT2D eigenvalue weighted by Gasteiger charge is 2.32. The zero-order valence-corrected chi connectivity index (χ0v) is 22.3. The molecule has 1 atom stereocenters. The van der Waals surface area contributed by atoms with E-state index in [2.05, 4.69) is 6.92 Å². The Morgan fingerprint density at radius 3 is 2.38 bits per heavy atom. The van der Waals surface area contributed by atoms with Gasteiger partial charge in [-0.05, 0) is 48.7 Å². The van der Waals surface area contributed by atoms with Crippen molar-refractivity contribution in [1.29, 1.82) is 0 Å². The van der Waals surface area contributed by atoms with Gasteiger partial charge in [-0.3, -0.25) is 4.79 Å². The van der Waals surface area contributed by atoms with Crippen LogP contribution in [0.1, 0.15) is 50.7 Å². The van der Waals surface area contributed by atoms with E-state index in [1.807, 2.05) is 6.92 Å². The topological polar surface area (TPSA) is 82.1 Å². The molecular weight excluding hydrogens is 511 g/mol. The van der Waals surface area contributed by atoms with Crippen LogP contribution in [0.3, 0.4) is 0 Å². The average molecular weight is 546 g/mol. The minimum Gasteiger partial charge on any atom is -0.493 e. The normalized spacial score (nSPS) is 12.7. The summed E-state index contributed by atoms with van der Waals surface area (Å²) in [6.07, 6.45) is -1.36. The molecule has 0 aromatic heterocycles. The maximum atomic E-state index is 13.3. The Morgan fingerprint density at radius 1 is 1.05 bits per heavy atom. The smallest absolute Gasteiger partial charge is 0.416 e. The van der Waals surface area contributed by atoms with Gasteiger partial charge in [0.1, 0.15) is 4.90 Å². The monoisotopic (exact) mass is 545 g/mol. The Balaban J connectivity index is 2.35. The third-order valence-electron chi connectivity index (χ3n) is 5.88. The number of halogens is 3. The van der Waals surface area contributed by atoms with E-state index in [1.54, 1.807) is 11.0 Å². The second-order valence-electron chi connectivity index (χ2n) is 8.55. The number of benzene rings is 2. The standard InChI is InChI=1S/C26H34F3NO6S/c1-5-7-9-20(6-2)25(31)30(14-15-34-3)18-19-12-13-23(35-4)24(16-19)36-37(32,33)22-11-8-10-21(17-22)26(27,28)29/h8,10-13,16-17,20H,5-7,9,14-15,18H2,1-4H3/t20-/m1/s1. The van der Waals surface area contributed by atoms with Crippen LogP contribution in [-0.4, -0.2) is 46.6 Å². The van der Waals surface area contributed by atoms with Gasteiger partial charge in [0.2, 0.25) is 5.91 Å². The van der Waals surface area contributed by atoms with E-state index >= 15 is 0 Å². The molecule has 0 saturated carbocycles. The lowest BCUT2D eigenvalue weighted by atomic mass is 9.97. The van der Waals surface area contributed by atoms with Crippen LogP contribution in [-0.2, 0) is 32.4 Å². The number of unbranched alkanes of at least 4 members (excludes halogenated alkanes) is 1. The van der Waals surface area contributed by atoms with E-state index in [4.69, 9.17) is 13.7 Å². The summed E-state index contributed by atoms with van der Waals surface area (Å²) >= 11 is 0. The molecule has 0 radical (unpaired) electrons. The Hall–Kier alpha value is -2.79. The largest absolute Gasteiger partial charge is 0.493 e. The molecule has 0 spiro atoms. The molecule has 206 valence electrons. The molecule has 2 aromatic rings. The second-order valence-corrected chi connectivity index (χ2v) is 10.1. The minimum absolute atomic E-state index is 0.0251. The highest BCUT2D eigenvalue weighted by molar-refractivity contribution is 7.87. The van der Waals surface area contributed by atoms with Crippen LogP contribution < -0.4 is 8.92 Å². The lowest BCUT2D eigenvalue weighted by molar-refractivity contribution is -0.138. The van der Waals surface area contributed by atoms with Crippen LogP contribution in [0.2, 0.25) is 0 Å². The summed E-state index contributed by atoms with van der Waals surface area (Å²) in [5.41, 5.74) is -0.552. The van der Waals surface area contributed by atoms with Crippen LogP contribution in [0.15, 0.2) is 47.4 Å². The molecule has 0 aliphatic carbocycles. The summed E-state index contributed by atoms with van der Waals surface area (Å²) in [4.78, 5) is 14.3. The Morgan fingerprint density at radius 2 is 1.78 bits per heavy atom. The molecule has 37 heavy (non-hydrogen) atoms. The number of ether oxygens (including phenoxy) is 2. The molecule has 7 nitrogen and oxygen atoms in total. The highest BCUT2D eigenvalue weighted by Crippen LogP contribution is 2.34. The van der Waals surface area contributed by atoms with Gasteiger partial charge in [-0.1, -0.05) is 38.8 Å². The maximum Gasteiger partial charge on any atom is 0.416 e. The predicted octanol–water partition coefficient (Wildman–Crippen LogP) is 5.67. The fourth-order valence-corrected chi connectivity index (χ4v) is 4.76. The summed E-state index contributed by atoms with van der Waals surface area (Å²) in [6.45, 7) is 4.84. The SMILES string of the molecule is CCCC[C@@H](CC)C(=O)N(CCOC)Cc1ccc(OC)c(OS(=O)(=O)c2cccc(C(F)(F)F)c2)c1. The first-order valence-electron chi connectivity index (χ1n) is 12.0. The Bertz CT molecular complexity index is 1140. The van der Waals surface area contributed by atoms with Gasteiger partial charge < -0.3 is 18.6 Å². The third kappa shape index (κ3) is 8.63. The van der Waals surface area contributed by atoms with E-state index in [0.717, 1.165) is 37.5 Å². The van der Waals surface area contributed by atoms with E-state index < -0.39 is 26.8 Å². The first-order chi connectivity index (χ1) is 17.5. The molecule has 0 aliphatic rings. The first-order valence-corrected chi connectivity index (χ1v) is 13.4. The summed E-state index contributed by atoms with van der Waals surface area (Å²) in [5.74, 6) is -0.298. The van der Waals surface area contributed by atoms with Crippen LogP contribution >= 0.6 is 0 Å². The molecule has 0 N–H and O–H groups in total. The summed E-state index contributed by atoms with van der Waals surface area (Å²) in [7, 11) is -1.76. The molecule has 0 aliphatic heterocycles. The second kappa shape index (κ2) is 13.7. The minimum atomic E-state index is -4.71. The average Bonchev–Trinajstić information content (AvgIpc) is 2.86. The van der Waals surface area contributed by atoms with Gasteiger partial charge in [0.25, 0.3) is 0 Å². The fourth-order valence-electron chi connectivity index (χ4n) is 3.78. The van der Waals surface area contributed by atoms with Gasteiger partial charge in [0.05, 0.1) is 19.3 Å². The van der Waals surface area contributed by atoms with Crippen molar-refractivity contribution < 1.29 is 40.0 Å². The number of alkyl halides is 3. The van der Waals surface area contributed by atoms with Crippen LogP contribution in [0.4, 0.5) is 13.2 Å². The molecule has 1 amide bonds. The third-order valence-corrected chi connectivity index (χ3v) is 7.11. The molecule has 0 saturated heterocycles. The zero-order valence-electron chi connectivity index (χ0n) is 21.5. The molecule has 0 fully saturated rings. The Kier molecular flexibility index (Phi) is 11.2. The van der Waals surface area contributed by atoms with Gasteiger partial charge in [-0.15, -0.1) is 0 Å². The number of amides is 1. The summed E-state index contributed by atoms with van der Waals surface area (Å²) < 4.78 is 80.5. The molecular formula is C26H34F3NO6S. The summed E-state index contributed by atoms with van der Waals surface area (Å²) in [5, 5.41) is 0. The van der Waals surface area contributed by atoms with Crippen molar-refractivity contribution in [1.82, 2.24) is 4.90 Å². The van der Waals surface area contributed by atoms with Gasteiger partial charge >= 0.3 is 16.3 Å². The number of methoxy groups -OCH3 is 2. The van der Waals surface area contributed by atoms with E-state index in [1.165, 1.54) is 26.4 Å². The van der Waals surface area contributed by atoms with Crippen molar-refractivity contribution >= 4 is 16.0 Å². The van der Waals surface area contributed by atoms with Crippen molar-refractivity contribution in [2.24, 2.45) is 5.92 Å². The van der Waals surface area contributed by atoms with Gasteiger partial charge in [0.15, 0.2) is 11.5 Å².